The maximum atomic E-state index is 6.40. The standard InChI is InChI=1S/C13H26N2OSi/c1-10(2)17(11(3)4,12(5)6)16-9-13-14-7-8-15-13/h7-8,10-12H,9H2,1-6H3,(H,14,15). The number of imidazole rings is 1. The van der Waals surface area contributed by atoms with Crippen LogP contribution in [0, 0.1) is 0 Å². The minimum Gasteiger partial charge on any atom is -0.409 e. The number of hydrogen-bond acceptors (Lipinski definition) is 2. The number of aromatic amines is 1. The number of hydrogen-bond donors (Lipinski definition) is 1. The first-order valence-electron chi connectivity index (χ1n) is 6.53. The molecule has 0 fully saturated rings. The third kappa shape index (κ3) is 2.99. The molecular formula is C13H26N2OSi. The summed E-state index contributed by atoms with van der Waals surface area (Å²) in [7, 11) is -1.74. The summed E-state index contributed by atoms with van der Waals surface area (Å²) >= 11 is 0. The summed E-state index contributed by atoms with van der Waals surface area (Å²) < 4.78 is 6.40. The van der Waals surface area contributed by atoms with Crippen LogP contribution in [0.3, 0.4) is 0 Å². The van der Waals surface area contributed by atoms with Crippen LogP contribution in [-0.2, 0) is 11.0 Å². The van der Waals surface area contributed by atoms with Gasteiger partial charge in [0.15, 0.2) is 0 Å². The molecule has 0 amide bonds. The van der Waals surface area contributed by atoms with E-state index in [1.165, 1.54) is 0 Å². The second-order valence-electron chi connectivity index (χ2n) is 5.64. The first kappa shape index (κ1) is 14.4. The molecule has 0 aliphatic heterocycles. The van der Waals surface area contributed by atoms with Crippen molar-refractivity contribution >= 4 is 8.32 Å². The van der Waals surface area contributed by atoms with E-state index in [4.69, 9.17) is 4.43 Å². The van der Waals surface area contributed by atoms with Gasteiger partial charge in [0.2, 0.25) is 8.32 Å². The minimum absolute atomic E-state index is 0.619. The Morgan fingerprint density at radius 3 is 2.00 bits per heavy atom. The highest BCUT2D eigenvalue weighted by atomic mass is 28.4. The van der Waals surface area contributed by atoms with E-state index in [9.17, 15) is 0 Å². The van der Waals surface area contributed by atoms with Crippen molar-refractivity contribution in [1.82, 2.24) is 9.97 Å². The lowest BCUT2D eigenvalue weighted by Gasteiger charge is -2.41. The molecule has 17 heavy (non-hydrogen) atoms. The van der Waals surface area contributed by atoms with Gasteiger partial charge < -0.3 is 9.41 Å². The predicted octanol–water partition coefficient (Wildman–Crippen LogP) is 4.10. The van der Waals surface area contributed by atoms with Crippen LogP contribution in [0.2, 0.25) is 16.6 Å². The molecule has 0 unspecified atom stereocenters. The molecule has 0 radical (unpaired) electrons. The molecule has 1 rings (SSSR count). The predicted molar refractivity (Wildman–Crippen MR) is 74.4 cm³/mol. The van der Waals surface area contributed by atoms with E-state index in [1.807, 2.05) is 6.20 Å². The van der Waals surface area contributed by atoms with Gasteiger partial charge in [-0.2, -0.15) is 0 Å². The van der Waals surface area contributed by atoms with Gasteiger partial charge in [-0.05, 0) is 16.6 Å². The summed E-state index contributed by atoms with van der Waals surface area (Å²) in [6.07, 6.45) is 3.63. The summed E-state index contributed by atoms with van der Waals surface area (Å²) in [5.41, 5.74) is 1.87. The Hall–Kier alpha value is -0.613. The largest absolute Gasteiger partial charge is 0.409 e. The topological polar surface area (TPSA) is 37.9 Å². The molecule has 0 aliphatic rings. The Morgan fingerprint density at radius 1 is 1.12 bits per heavy atom. The SMILES string of the molecule is CC(C)[Si](OCc1ncc[nH]1)(C(C)C)C(C)C. The lowest BCUT2D eigenvalue weighted by Crippen LogP contribution is -2.47. The van der Waals surface area contributed by atoms with E-state index < -0.39 is 8.32 Å². The summed E-state index contributed by atoms with van der Waals surface area (Å²) in [6.45, 7) is 14.4. The zero-order valence-electron chi connectivity index (χ0n) is 11.9. The van der Waals surface area contributed by atoms with Crippen LogP contribution < -0.4 is 0 Å². The third-order valence-corrected chi connectivity index (χ3v) is 9.78. The summed E-state index contributed by atoms with van der Waals surface area (Å²) in [5.74, 6) is 0.934. The van der Waals surface area contributed by atoms with Gasteiger partial charge in [-0.1, -0.05) is 41.5 Å². The van der Waals surface area contributed by atoms with Crippen molar-refractivity contribution in [3.05, 3.63) is 18.2 Å². The van der Waals surface area contributed by atoms with Gasteiger partial charge in [-0.25, -0.2) is 4.98 Å². The Kier molecular flexibility index (Phi) is 4.95. The lowest BCUT2D eigenvalue weighted by atomic mass is 10.5. The molecule has 0 bridgehead atoms. The van der Waals surface area contributed by atoms with E-state index in [-0.39, 0.29) is 0 Å². The molecule has 1 aromatic heterocycles. The van der Waals surface area contributed by atoms with Gasteiger partial charge in [-0.3, -0.25) is 0 Å². The van der Waals surface area contributed by atoms with Gasteiger partial charge in [0.25, 0.3) is 0 Å². The smallest absolute Gasteiger partial charge is 0.201 e. The quantitative estimate of drug-likeness (QED) is 0.776. The molecule has 1 N–H and O–H groups in total. The van der Waals surface area contributed by atoms with Gasteiger partial charge in [0, 0.05) is 12.4 Å². The zero-order valence-corrected chi connectivity index (χ0v) is 12.9. The van der Waals surface area contributed by atoms with Crippen molar-refractivity contribution in [3.8, 4) is 0 Å². The molecule has 0 aliphatic carbocycles. The molecule has 3 nitrogen and oxygen atoms in total. The van der Waals surface area contributed by atoms with Crippen LogP contribution in [0.1, 0.15) is 47.4 Å². The van der Waals surface area contributed by atoms with Crippen LogP contribution in [-0.4, -0.2) is 18.3 Å². The van der Waals surface area contributed by atoms with E-state index in [2.05, 4.69) is 51.5 Å². The zero-order chi connectivity index (χ0) is 13.1. The van der Waals surface area contributed by atoms with Gasteiger partial charge in [0.05, 0.1) is 6.61 Å². The summed E-state index contributed by atoms with van der Waals surface area (Å²) in [4.78, 5) is 7.35. The van der Waals surface area contributed by atoms with Crippen molar-refractivity contribution in [2.24, 2.45) is 0 Å². The first-order chi connectivity index (χ1) is 7.91. The Balaban J connectivity index is 2.83. The number of rotatable bonds is 6. The van der Waals surface area contributed by atoms with Gasteiger partial charge >= 0.3 is 0 Å². The second-order valence-corrected chi connectivity index (χ2v) is 11.1. The fourth-order valence-electron chi connectivity index (χ4n) is 3.07. The molecule has 1 aromatic rings. The van der Waals surface area contributed by atoms with Crippen LogP contribution in [0.5, 0.6) is 0 Å². The number of aromatic nitrogens is 2. The molecule has 0 saturated carbocycles. The highest BCUT2D eigenvalue weighted by Gasteiger charge is 2.45. The van der Waals surface area contributed by atoms with Crippen LogP contribution in [0.4, 0.5) is 0 Å². The lowest BCUT2D eigenvalue weighted by molar-refractivity contribution is 0.258. The molecule has 0 aromatic carbocycles. The van der Waals surface area contributed by atoms with Crippen LogP contribution in [0.25, 0.3) is 0 Å². The Labute approximate surface area is 106 Å². The number of nitrogens with zero attached hydrogens (tertiary/aromatic N) is 1. The fraction of sp³-hybridized carbons (Fsp3) is 0.769. The summed E-state index contributed by atoms with van der Waals surface area (Å²) in [5, 5.41) is 0. The van der Waals surface area contributed by atoms with Crippen molar-refractivity contribution in [1.29, 1.82) is 0 Å². The normalized spacial score (nSPS) is 13.0. The van der Waals surface area contributed by atoms with E-state index >= 15 is 0 Å². The second kappa shape index (κ2) is 5.82. The van der Waals surface area contributed by atoms with Crippen molar-refractivity contribution < 1.29 is 4.43 Å². The molecule has 0 atom stereocenters. The molecule has 0 spiro atoms. The molecular weight excluding hydrogens is 228 g/mol. The molecule has 4 heteroatoms. The van der Waals surface area contributed by atoms with Crippen molar-refractivity contribution in [3.63, 3.8) is 0 Å². The summed E-state index contributed by atoms with van der Waals surface area (Å²) in [6, 6.07) is 0. The molecule has 0 saturated heterocycles. The Morgan fingerprint density at radius 2 is 1.65 bits per heavy atom. The van der Waals surface area contributed by atoms with E-state index in [0.717, 1.165) is 5.82 Å². The van der Waals surface area contributed by atoms with Gasteiger partial charge in [-0.15, -0.1) is 0 Å². The van der Waals surface area contributed by atoms with Crippen LogP contribution in [0.15, 0.2) is 12.4 Å². The third-order valence-electron chi connectivity index (χ3n) is 3.72. The highest BCUT2D eigenvalue weighted by molar-refractivity contribution is 6.77. The monoisotopic (exact) mass is 254 g/mol. The van der Waals surface area contributed by atoms with Crippen molar-refractivity contribution in [2.45, 2.75) is 64.8 Å². The fourth-order valence-corrected chi connectivity index (χ4v) is 8.46. The van der Waals surface area contributed by atoms with E-state index in [0.29, 0.717) is 23.2 Å². The maximum absolute atomic E-state index is 6.40. The van der Waals surface area contributed by atoms with Crippen LogP contribution >= 0.6 is 0 Å². The Bertz CT molecular complexity index is 298. The minimum atomic E-state index is -1.74. The average molecular weight is 254 g/mol. The maximum Gasteiger partial charge on any atom is 0.201 e. The molecule has 98 valence electrons. The first-order valence-corrected chi connectivity index (χ1v) is 8.67. The highest BCUT2D eigenvalue weighted by Crippen LogP contribution is 2.42. The van der Waals surface area contributed by atoms with E-state index in [1.54, 1.807) is 6.20 Å². The van der Waals surface area contributed by atoms with Crippen molar-refractivity contribution in [2.75, 3.05) is 0 Å². The number of nitrogens with one attached hydrogen (secondary N) is 1. The number of H-pyrrole nitrogens is 1. The average Bonchev–Trinajstić information content (AvgIpc) is 2.69. The van der Waals surface area contributed by atoms with Gasteiger partial charge in [0.1, 0.15) is 5.82 Å². The molecule has 1 heterocycles.